The number of hydrogen-bond acceptors (Lipinski definition) is 6. The molecule has 0 aliphatic heterocycles. The van der Waals surface area contributed by atoms with E-state index in [0.717, 1.165) is 0 Å². The van der Waals surface area contributed by atoms with Gasteiger partial charge in [0.05, 0.1) is 21.7 Å². The number of nitrogens with zero attached hydrogens (tertiary/aromatic N) is 4. The summed E-state index contributed by atoms with van der Waals surface area (Å²) in [7, 11) is 0. The number of halogens is 1. The molecule has 2 aromatic carbocycles. The highest BCUT2D eigenvalue weighted by molar-refractivity contribution is 7.98. The van der Waals surface area contributed by atoms with Gasteiger partial charge < -0.3 is 4.52 Å². The van der Waals surface area contributed by atoms with E-state index in [1.165, 1.54) is 11.8 Å². The zero-order valence-corrected chi connectivity index (χ0v) is 16.9. The monoisotopic (exact) mass is 412 g/mol. The fourth-order valence-corrected chi connectivity index (χ4v) is 4.06. The Morgan fingerprint density at radius 1 is 1.11 bits per heavy atom. The van der Waals surface area contributed by atoms with Crippen LogP contribution in [0.15, 0.2) is 63.0 Å². The average molecular weight is 413 g/mol. The van der Waals surface area contributed by atoms with E-state index in [0.29, 0.717) is 44.1 Å². The third-order valence-corrected chi connectivity index (χ3v) is 5.47. The van der Waals surface area contributed by atoms with Gasteiger partial charge in [0.15, 0.2) is 5.16 Å². The lowest BCUT2D eigenvalue weighted by molar-refractivity contribution is 0.391. The van der Waals surface area contributed by atoms with Gasteiger partial charge in [0.1, 0.15) is 0 Å². The van der Waals surface area contributed by atoms with Crippen LogP contribution >= 0.6 is 23.4 Å². The number of para-hydroxylation sites is 1. The Hall–Kier alpha value is -2.64. The smallest absolute Gasteiger partial charge is 0.262 e. The molecule has 4 aromatic rings. The van der Waals surface area contributed by atoms with Gasteiger partial charge in [0.25, 0.3) is 5.56 Å². The summed E-state index contributed by atoms with van der Waals surface area (Å²) in [5.41, 5.74) is 1.34. The number of fused-ring (bicyclic) bond motifs is 1. The van der Waals surface area contributed by atoms with Gasteiger partial charge in [-0.25, -0.2) is 4.98 Å². The van der Waals surface area contributed by atoms with Gasteiger partial charge in [0, 0.05) is 11.6 Å². The van der Waals surface area contributed by atoms with Crippen LogP contribution in [-0.4, -0.2) is 19.7 Å². The molecule has 2 heterocycles. The third kappa shape index (κ3) is 3.55. The van der Waals surface area contributed by atoms with Crippen molar-refractivity contribution in [1.82, 2.24) is 19.7 Å². The Bertz CT molecular complexity index is 1200. The van der Waals surface area contributed by atoms with Crippen molar-refractivity contribution < 1.29 is 4.52 Å². The van der Waals surface area contributed by atoms with Crippen molar-refractivity contribution in [2.24, 2.45) is 0 Å². The van der Waals surface area contributed by atoms with E-state index in [4.69, 9.17) is 16.1 Å². The molecule has 0 aliphatic rings. The molecule has 0 fully saturated rings. The molecular weight excluding hydrogens is 396 g/mol. The third-order valence-electron chi connectivity index (χ3n) is 4.20. The predicted molar refractivity (Wildman–Crippen MR) is 111 cm³/mol. The van der Waals surface area contributed by atoms with E-state index in [9.17, 15) is 4.79 Å². The molecule has 0 atom stereocenters. The van der Waals surface area contributed by atoms with E-state index in [1.807, 2.05) is 50.2 Å². The van der Waals surface area contributed by atoms with Crippen LogP contribution in [0.25, 0.3) is 22.3 Å². The van der Waals surface area contributed by atoms with Gasteiger partial charge in [-0.05, 0) is 38.1 Å². The predicted octanol–water partition coefficient (Wildman–Crippen LogP) is 4.97. The Balaban J connectivity index is 1.64. The van der Waals surface area contributed by atoms with Crippen LogP contribution in [0.5, 0.6) is 0 Å². The molecule has 8 heteroatoms. The molecule has 0 amide bonds. The first kappa shape index (κ1) is 18.7. The van der Waals surface area contributed by atoms with Gasteiger partial charge in [-0.15, -0.1) is 0 Å². The van der Waals surface area contributed by atoms with Crippen LogP contribution in [0.1, 0.15) is 25.8 Å². The summed E-state index contributed by atoms with van der Waals surface area (Å²) in [4.78, 5) is 22.0. The molecule has 0 N–H and O–H groups in total. The Morgan fingerprint density at radius 2 is 1.86 bits per heavy atom. The quantitative estimate of drug-likeness (QED) is 0.340. The fourth-order valence-electron chi connectivity index (χ4n) is 2.87. The molecule has 0 aliphatic carbocycles. The first-order valence-corrected chi connectivity index (χ1v) is 10.1. The maximum Gasteiger partial charge on any atom is 0.262 e. The molecule has 0 bridgehead atoms. The maximum atomic E-state index is 12.9. The fraction of sp³-hybridized carbons (Fsp3) is 0.200. The van der Waals surface area contributed by atoms with E-state index in [1.54, 1.807) is 16.7 Å². The van der Waals surface area contributed by atoms with Gasteiger partial charge >= 0.3 is 0 Å². The van der Waals surface area contributed by atoms with Crippen molar-refractivity contribution in [3.8, 4) is 11.4 Å². The SMILES string of the molecule is CC(C)n1c(SCc2nc(-c3ccccc3Cl)no2)nc2ccccc2c1=O. The number of benzene rings is 2. The Kier molecular flexibility index (Phi) is 5.19. The normalized spacial score (nSPS) is 11.4. The van der Waals surface area contributed by atoms with Crippen molar-refractivity contribution in [1.29, 1.82) is 0 Å². The van der Waals surface area contributed by atoms with Gasteiger partial charge in [-0.3, -0.25) is 9.36 Å². The summed E-state index contributed by atoms with van der Waals surface area (Å²) in [5.74, 6) is 1.28. The second-order valence-electron chi connectivity index (χ2n) is 6.46. The Labute approximate surface area is 170 Å². The number of aromatic nitrogens is 4. The first-order valence-electron chi connectivity index (χ1n) is 8.76. The van der Waals surface area contributed by atoms with Crippen LogP contribution in [0, 0.1) is 0 Å². The number of rotatable bonds is 5. The largest absolute Gasteiger partial charge is 0.338 e. The summed E-state index contributed by atoms with van der Waals surface area (Å²) >= 11 is 7.59. The molecule has 0 saturated heterocycles. The van der Waals surface area contributed by atoms with Crippen LogP contribution in [0.4, 0.5) is 0 Å². The maximum absolute atomic E-state index is 12.9. The Morgan fingerprint density at radius 3 is 2.64 bits per heavy atom. The summed E-state index contributed by atoms with van der Waals surface area (Å²) in [5, 5.41) is 5.81. The zero-order chi connectivity index (χ0) is 19.7. The van der Waals surface area contributed by atoms with Crippen LogP contribution in [0.3, 0.4) is 0 Å². The highest BCUT2D eigenvalue weighted by Gasteiger charge is 2.16. The topological polar surface area (TPSA) is 73.8 Å². The summed E-state index contributed by atoms with van der Waals surface area (Å²) in [6.45, 7) is 3.92. The molecule has 142 valence electrons. The summed E-state index contributed by atoms with van der Waals surface area (Å²) < 4.78 is 7.05. The molecule has 0 radical (unpaired) electrons. The zero-order valence-electron chi connectivity index (χ0n) is 15.3. The molecule has 0 spiro atoms. The second-order valence-corrected chi connectivity index (χ2v) is 7.81. The van der Waals surface area contributed by atoms with E-state index < -0.39 is 0 Å². The lowest BCUT2D eigenvalue weighted by Crippen LogP contribution is -2.25. The summed E-state index contributed by atoms with van der Waals surface area (Å²) in [6, 6.07) is 14.7. The highest BCUT2D eigenvalue weighted by atomic mass is 35.5. The van der Waals surface area contributed by atoms with Crippen LogP contribution in [0.2, 0.25) is 5.02 Å². The van der Waals surface area contributed by atoms with E-state index in [2.05, 4.69) is 15.1 Å². The highest BCUT2D eigenvalue weighted by Crippen LogP contribution is 2.27. The van der Waals surface area contributed by atoms with Gasteiger partial charge in [-0.1, -0.05) is 52.8 Å². The van der Waals surface area contributed by atoms with Crippen LogP contribution in [-0.2, 0) is 5.75 Å². The van der Waals surface area contributed by atoms with E-state index in [-0.39, 0.29) is 11.6 Å². The lowest BCUT2D eigenvalue weighted by atomic mass is 10.2. The second kappa shape index (κ2) is 7.77. The molecule has 0 saturated carbocycles. The standard InChI is InChI=1S/C20H17ClN4O2S/c1-12(2)25-19(26)14-8-4-6-10-16(14)22-20(25)28-11-17-23-18(24-27-17)13-7-3-5-9-15(13)21/h3-10,12H,11H2,1-2H3. The van der Waals surface area contributed by atoms with Crippen molar-refractivity contribution >= 4 is 34.3 Å². The van der Waals surface area contributed by atoms with Gasteiger partial charge in [0.2, 0.25) is 11.7 Å². The molecule has 6 nitrogen and oxygen atoms in total. The van der Waals surface area contributed by atoms with Crippen molar-refractivity contribution in [2.75, 3.05) is 0 Å². The molecule has 0 unspecified atom stereocenters. The van der Waals surface area contributed by atoms with Crippen molar-refractivity contribution in [3.05, 3.63) is 69.8 Å². The van der Waals surface area contributed by atoms with Crippen molar-refractivity contribution in [3.63, 3.8) is 0 Å². The van der Waals surface area contributed by atoms with Crippen LogP contribution < -0.4 is 5.56 Å². The minimum Gasteiger partial charge on any atom is -0.338 e. The number of hydrogen-bond donors (Lipinski definition) is 0. The molecule has 2 aromatic heterocycles. The minimum absolute atomic E-state index is 0.0199. The van der Waals surface area contributed by atoms with Crippen molar-refractivity contribution in [2.45, 2.75) is 30.8 Å². The first-order chi connectivity index (χ1) is 13.5. The van der Waals surface area contributed by atoms with Gasteiger partial charge in [-0.2, -0.15) is 4.98 Å². The number of thioether (sulfide) groups is 1. The van der Waals surface area contributed by atoms with E-state index >= 15 is 0 Å². The molecular formula is C20H17ClN4O2S. The molecule has 28 heavy (non-hydrogen) atoms. The average Bonchev–Trinajstić information content (AvgIpc) is 3.15. The summed E-state index contributed by atoms with van der Waals surface area (Å²) in [6.07, 6.45) is 0. The lowest BCUT2D eigenvalue weighted by Gasteiger charge is -2.15. The molecule has 4 rings (SSSR count). The minimum atomic E-state index is -0.0506.